The topological polar surface area (TPSA) is 66.2 Å². The molecule has 0 amide bonds. The normalized spacial score (nSPS) is 10.8. The fraction of sp³-hybridized carbons (Fsp3) is 0.235. The van der Waals surface area contributed by atoms with Gasteiger partial charge < -0.3 is 9.47 Å². The summed E-state index contributed by atoms with van der Waals surface area (Å²) in [5, 5.41) is 5.63. The number of nitrogens with zero attached hydrogens (tertiary/aromatic N) is 3. The minimum Gasteiger partial charge on any atom is -0.488 e. The zero-order valence-corrected chi connectivity index (χ0v) is 14.1. The van der Waals surface area contributed by atoms with E-state index in [2.05, 4.69) is 10.1 Å². The van der Waals surface area contributed by atoms with Gasteiger partial charge in [-0.25, -0.2) is 9.78 Å². The van der Waals surface area contributed by atoms with Gasteiger partial charge in [0.25, 0.3) is 0 Å². The van der Waals surface area contributed by atoms with E-state index in [9.17, 15) is 4.79 Å². The number of ether oxygens (including phenoxy) is 2. The molecule has 0 atom stereocenters. The molecular weight excluding hydrogens is 330 g/mol. The molecule has 0 aliphatic heterocycles. The van der Waals surface area contributed by atoms with Crippen LogP contribution in [0, 0.1) is 6.92 Å². The minimum atomic E-state index is -0.449. The van der Waals surface area contributed by atoms with Gasteiger partial charge in [-0.15, -0.1) is 0 Å². The largest absolute Gasteiger partial charge is 0.488 e. The summed E-state index contributed by atoms with van der Waals surface area (Å²) >= 11 is 5.98. The van der Waals surface area contributed by atoms with E-state index < -0.39 is 5.97 Å². The van der Waals surface area contributed by atoms with Crippen molar-refractivity contribution in [2.24, 2.45) is 7.05 Å². The van der Waals surface area contributed by atoms with Crippen molar-refractivity contribution in [2.75, 3.05) is 13.2 Å². The zero-order valence-electron chi connectivity index (χ0n) is 13.3. The van der Waals surface area contributed by atoms with Crippen LogP contribution in [0.3, 0.4) is 0 Å². The van der Waals surface area contributed by atoms with Crippen LogP contribution in [-0.2, 0) is 11.8 Å². The van der Waals surface area contributed by atoms with Crippen LogP contribution in [0.15, 0.2) is 36.5 Å². The molecular formula is C17H16ClN3O3. The Labute approximate surface area is 144 Å². The van der Waals surface area contributed by atoms with E-state index in [0.29, 0.717) is 16.3 Å². The van der Waals surface area contributed by atoms with Gasteiger partial charge in [0.1, 0.15) is 19.0 Å². The number of esters is 1. The Hall–Kier alpha value is -2.60. The second kappa shape index (κ2) is 6.88. The lowest BCUT2D eigenvalue weighted by atomic mass is 10.2. The Bertz CT molecular complexity index is 892. The third kappa shape index (κ3) is 3.33. The maximum absolute atomic E-state index is 12.1. The number of para-hydroxylation sites is 1. The van der Waals surface area contributed by atoms with Gasteiger partial charge in [0.05, 0.1) is 16.3 Å². The summed E-state index contributed by atoms with van der Waals surface area (Å²) in [6, 6.07) is 8.87. The van der Waals surface area contributed by atoms with Crippen LogP contribution in [0.4, 0.5) is 0 Å². The first-order valence-electron chi connectivity index (χ1n) is 7.40. The number of fused-ring (bicyclic) bond motifs is 1. The highest BCUT2D eigenvalue weighted by atomic mass is 35.5. The van der Waals surface area contributed by atoms with Gasteiger partial charge in [0.2, 0.25) is 0 Å². The summed E-state index contributed by atoms with van der Waals surface area (Å²) in [5.41, 5.74) is 1.93. The lowest BCUT2D eigenvalue weighted by Gasteiger charge is -2.08. The van der Waals surface area contributed by atoms with Crippen LogP contribution < -0.4 is 4.74 Å². The molecule has 0 saturated heterocycles. The number of hydrogen-bond acceptors (Lipinski definition) is 5. The Morgan fingerprint density at radius 3 is 2.88 bits per heavy atom. The molecule has 0 aliphatic rings. The van der Waals surface area contributed by atoms with E-state index in [1.54, 1.807) is 22.9 Å². The van der Waals surface area contributed by atoms with Crippen molar-refractivity contribution < 1.29 is 14.3 Å². The van der Waals surface area contributed by atoms with Gasteiger partial charge in [-0.3, -0.25) is 4.68 Å². The van der Waals surface area contributed by atoms with E-state index in [1.165, 1.54) is 6.20 Å². The summed E-state index contributed by atoms with van der Waals surface area (Å²) in [4.78, 5) is 16.4. The monoisotopic (exact) mass is 345 g/mol. The SMILES string of the molecule is Cc1nn(C)c2ncc(C(=O)OCCOc3ccccc3Cl)cc12. The molecule has 2 heterocycles. The molecule has 3 rings (SSSR count). The second-order valence-electron chi connectivity index (χ2n) is 5.22. The number of aromatic nitrogens is 3. The van der Waals surface area contributed by atoms with Crippen LogP contribution in [0.1, 0.15) is 16.1 Å². The zero-order chi connectivity index (χ0) is 17.1. The number of pyridine rings is 1. The Kier molecular flexibility index (Phi) is 4.66. The molecule has 0 radical (unpaired) electrons. The lowest BCUT2D eigenvalue weighted by Crippen LogP contribution is -2.12. The number of aryl methyl sites for hydroxylation is 2. The predicted molar refractivity (Wildman–Crippen MR) is 90.5 cm³/mol. The van der Waals surface area contributed by atoms with E-state index in [0.717, 1.165) is 16.7 Å². The molecule has 0 unspecified atom stereocenters. The van der Waals surface area contributed by atoms with E-state index in [1.807, 2.05) is 26.1 Å². The number of carbonyl (C=O) groups is 1. The highest BCUT2D eigenvalue weighted by Gasteiger charge is 2.13. The van der Waals surface area contributed by atoms with Gasteiger partial charge in [0, 0.05) is 18.6 Å². The summed E-state index contributed by atoms with van der Waals surface area (Å²) in [5.74, 6) is 0.111. The molecule has 0 aliphatic carbocycles. The van der Waals surface area contributed by atoms with Gasteiger partial charge in [0.15, 0.2) is 5.65 Å². The van der Waals surface area contributed by atoms with Crippen LogP contribution in [0.5, 0.6) is 5.75 Å². The Morgan fingerprint density at radius 1 is 1.29 bits per heavy atom. The summed E-state index contributed by atoms with van der Waals surface area (Å²) in [7, 11) is 1.81. The maximum atomic E-state index is 12.1. The third-order valence-corrected chi connectivity index (χ3v) is 3.82. The highest BCUT2D eigenvalue weighted by molar-refractivity contribution is 6.32. The van der Waals surface area contributed by atoms with Gasteiger partial charge in [-0.2, -0.15) is 5.10 Å². The molecule has 0 bridgehead atoms. The van der Waals surface area contributed by atoms with Gasteiger partial charge in [-0.05, 0) is 25.1 Å². The summed E-state index contributed by atoms with van der Waals surface area (Å²) in [6.45, 7) is 2.21. The second-order valence-corrected chi connectivity index (χ2v) is 5.63. The molecule has 3 aromatic rings. The molecule has 6 nitrogen and oxygen atoms in total. The molecule has 0 saturated carbocycles. The lowest BCUT2D eigenvalue weighted by molar-refractivity contribution is 0.0450. The third-order valence-electron chi connectivity index (χ3n) is 3.51. The highest BCUT2D eigenvalue weighted by Crippen LogP contribution is 2.23. The van der Waals surface area contributed by atoms with Crippen LogP contribution in [0.2, 0.25) is 5.02 Å². The molecule has 24 heavy (non-hydrogen) atoms. The average Bonchev–Trinajstić information content (AvgIpc) is 2.87. The molecule has 0 fully saturated rings. The Morgan fingerprint density at radius 2 is 2.08 bits per heavy atom. The average molecular weight is 346 g/mol. The van der Waals surface area contributed by atoms with E-state index in [-0.39, 0.29) is 13.2 Å². The number of halogens is 1. The molecule has 1 aromatic carbocycles. The number of rotatable bonds is 5. The van der Waals surface area contributed by atoms with Crippen molar-refractivity contribution in [3.63, 3.8) is 0 Å². The van der Waals surface area contributed by atoms with Crippen molar-refractivity contribution in [3.05, 3.63) is 52.8 Å². The maximum Gasteiger partial charge on any atom is 0.339 e. The standard InChI is InChI=1S/C17H16ClN3O3/c1-11-13-9-12(10-19-16(13)21(2)20-11)17(22)24-8-7-23-15-6-4-3-5-14(15)18/h3-6,9-10H,7-8H2,1-2H3. The number of hydrogen-bond donors (Lipinski definition) is 0. The van der Waals surface area contributed by atoms with Crippen molar-refractivity contribution in [1.82, 2.24) is 14.8 Å². The molecule has 124 valence electrons. The summed E-state index contributed by atoms with van der Waals surface area (Å²) in [6.07, 6.45) is 1.49. The van der Waals surface area contributed by atoms with Crippen LogP contribution in [0.25, 0.3) is 11.0 Å². The predicted octanol–water partition coefficient (Wildman–Crippen LogP) is 3.17. The first kappa shape index (κ1) is 16.3. The van der Waals surface area contributed by atoms with Crippen LogP contribution in [-0.4, -0.2) is 33.9 Å². The van der Waals surface area contributed by atoms with Crippen LogP contribution >= 0.6 is 11.6 Å². The van der Waals surface area contributed by atoms with Crippen molar-refractivity contribution in [1.29, 1.82) is 0 Å². The molecule has 7 heteroatoms. The molecule has 2 aromatic heterocycles. The number of carbonyl (C=O) groups excluding carboxylic acids is 1. The minimum absolute atomic E-state index is 0.119. The van der Waals surface area contributed by atoms with E-state index >= 15 is 0 Å². The van der Waals surface area contributed by atoms with E-state index in [4.69, 9.17) is 21.1 Å². The fourth-order valence-electron chi connectivity index (χ4n) is 2.35. The quantitative estimate of drug-likeness (QED) is 0.525. The van der Waals surface area contributed by atoms with Gasteiger partial charge >= 0.3 is 5.97 Å². The first-order valence-corrected chi connectivity index (χ1v) is 7.78. The molecule has 0 spiro atoms. The summed E-state index contributed by atoms with van der Waals surface area (Å²) < 4.78 is 12.4. The van der Waals surface area contributed by atoms with Crippen molar-refractivity contribution in [2.45, 2.75) is 6.92 Å². The van der Waals surface area contributed by atoms with Gasteiger partial charge in [-0.1, -0.05) is 23.7 Å². The first-order chi connectivity index (χ1) is 11.6. The Balaban J connectivity index is 1.59. The number of benzene rings is 1. The van der Waals surface area contributed by atoms with Crippen molar-refractivity contribution in [3.8, 4) is 5.75 Å². The fourth-order valence-corrected chi connectivity index (χ4v) is 2.54. The van der Waals surface area contributed by atoms with Crippen molar-refractivity contribution >= 4 is 28.6 Å². The molecule has 0 N–H and O–H groups in total. The smallest absolute Gasteiger partial charge is 0.339 e.